The van der Waals surface area contributed by atoms with Crippen LogP contribution in [0.2, 0.25) is 0 Å². The van der Waals surface area contributed by atoms with Crippen LogP contribution in [0.3, 0.4) is 0 Å². The summed E-state index contributed by atoms with van der Waals surface area (Å²) >= 11 is 0. The highest BCUT2D eigenvalue weighted by molar-refractivity contribution is 7.89. The molecule has 28 heavy (non-hydrogen) atoms. The topological polar surface area (TPSA) is 66.5 Å². The van der Waals surface area contributed by atoms with E-state index in [-0.39, 0.29) is 18.5 Å². The smallest absolute Gasteiger partial charge is 0.251 e. The Morgan fingerprint density at radius 1 is 1.04 bits per heavy atom. The highest BCUT2D eigenvalue weighted by Crippen LogP contribution is 2.19. The molecule has 0 aliphatic heterocycles. The van der Waals surface area contributed by atoms with Gasteiger partial charge in [-0.3, -0.25) is 4.79 Å². The largest absolute Gasteiger partial charge is 0.350 e. The van der Waals surface area contributed by atoms with Crippen LogP contribution in [-0.2, 0) is 16.6 Å². The molecule has 0 aliphatic rings. The van der Waals surface area contributed by atoms with Gasteiger partial charge in [0.05, 0.1) is 4.90 Å². The molecule has 1 N–H and O–H groups in total. The maximum absolute atomic E-state index is 12.9. The van der Waals surface area contributed by atoms with Crippen molar-refractivity contribution in [3.8, 4) is 0 Å². The minimum absolute atomic E-state index is 0.105. The molecular weight excluding hydrogens is 372 g/mol. The number of nitrogens with one attached hydrogen (secondary N) is 1. The Balaban J connectivity index is 2.11. The molecule has 0 saturated heterocycles. The first-order valence-corrected chi connectivity index (χ1v) is 11.2. The van der Waals surface area contributed by atoms with E-state index in [1.165, 1.54) is 4.31 Å². The van der Waals surface area contributed by atoms with Crippen LogP contribution >= 0.6 is 0 Å². The van der Waals surface area contributed by atoms with Crippen LogP contribution in [0.15, 0.2) is 53.4 Å². The molecule has 152 valence electrons. The van der Waals surface area contributed by atoms with Gasteiger partial charge < -0.3 is 5.32 Å². The predicted molar refractivity (Wildman–Crippen MR) is 113 cm³/mol. The minimum atomic E-state index is -3.56. The van der Waals surface area contributed by atoms with Gasteiger partial charge in [-0.25, -0.2) is 8.42 Å². The van der Waals surface area contributed by atoms with E-state index in [0.717, 1.165) is 24.0 Å². The van der Waals surface area contributed by atoms with Crippen molar-refractivity contribution >= 4 is 15.9 Å². The maximum Gasteiger partial charge on any atom is 0.251 e. The fourth-order valence-electron chi connectivity index (χ4n) is 3.00. The van der Waals surface area contributed by atoms with Crippen molar-refractivity contribution < 1.29 is 13.2 Å². The van der Waals surface area contributed by atoms with Crippen LogP contribution in [0, 0.1) is 6.92 Å². The SMILES string of the molecule is CCC[C@H](C)NC(=O)c1ccc(CN(CC)S(=O)(=O)c2ccc(C)cc2)cc1. The van der Waals surface area contributed by atoms with Crippen LogP contribution in [0.25, 0.3) is 0 Å². The summed E-state index contributed by atoms with van der Waals surface area (Å²) in [7, 11) is -3.56. The van der Waals surface area contributed by atoms with Gasteiger partial charge in [-0.05, 0) is 50.1 Å². The molecule has 5 nitrogen and oxygen atoms in total. The van der Waals surface area contributed by atoms with Crippen molar-refractivity contribution in [3.05, 3.63) is 65.2 Å². The van der Waals surface area contributed by atoms with Crippen molar-refractivity contribution in [1.29, 1.82) is 0 Å². The average molecular weight is 403 g/mol. The third-order valence-electron chi connectivity index (χ3n) is 4.69. The van der Waals surface area contributed by atoms with Gasteiger partial charge in [-0.1, -0.05) is 50.1 Å². The zero-order valence-electron chi connectivity index (χ0n) is 17.1. The molecule has 0 radical (unpaired) electrons. The second kappa shape index (κ2) is 9.85. The molecule has 1 amide bonds. The number of carbonyl (C=O) groups excluding carboxylic acids is 1. The summed E-state index contributed by atoms with van der Waals surface area (Å²) in [5.41, 5.74) is 2.44. The fourth-order valence-corrected chi connectivity index (χ4v) is 4.44. The second-order valence-electron chi connectivity index (χ2n) is 7.10. The molecule has 0 heterocycles. The van der Waals surface area contributed by atoms with Gasteiger partial charge >= 0.3 is 0 Å². The van der Waals surface area contributed by atoms with Gasteiger partial charge in [0.15, 0.2) is 0 Å². The van der Waals surface area contributed by atoms with Gasteiger partial charge in [0, 0.05) is 24.7 Å². The van der Waals surface area contributed by atoms with Gasteiger partial charge in [0.1, 0.15) is 0 Å². The first kappa shape index (κ1) is 22.1. The monoisotopic (exact) mass is 402 g/mol. The van der Waals surface area contributed by atoms with Crippen molar-refractivity contribution in [2.75, 3.05) is 6.54 Å². The molecule has 0 unspecified atom stereocenters. The molecule has 0 spiro atoms. The van der Waals surface area contributed by atoms with E-state index in [0.29, 0.717) is 17.0 Å². The van der Waals surface area contributed by atoms with Crippen LogP contribution in [0.5, 0.6) is 0 Å². The van der Waals surface area contributed by atoms with E-state index in [1.54, 1.807) is 36.4 Å². The van der Waals surface area contributed by atoms with Crippen molar-refractivity contribution in [2.24, 2.45) is 0 Å². The van der Waals surface area contributed by atoms with Crippen LogP contribution in [0.4, 0.5) is 0 Å². The molecule has 0 saturated carbocycles. The number of sulfonamides is 1. The lowest BCUT2D eigenvalue weighted by atomic mass is 10.1. The lowest BCUT2D eigenvalue weighted by Crippen LogP contribution is -2.32. The van der Waals surface area contributed by atoms with Crippen molar-refractivity contribution in [1.82, 2.24) is 9.62 Å². The number of hydrogen-bond acceptors (Lipinski definition) is 3. The number of amides is 1. The molecule has 1 atom stereocenters. The molecule has 0 aliphatic carbocycles. The number of aryl methyl sites for hydroxylation is 1. The number of carbonyl (C=O) groups is 1. The van der Waals surface area contributed by atoms with E-state index in [4.69, 9.17) is 0 Å². The van der Waals surface area contributed by atoms with Crippen LogP contribution in [0.1, 0.15) is 55.1 Å². The van der Waals surface area contributed by atoms with Crippen molar-refractivity contribution in [2.45, 2.75) is 58.0 Å². The molecular formula is C22H30N2O3S. The van der Waals surface area contributed by atoms with Crippen LogP contribution in [-0.4, -0.2) is 31.2 Å². The highest BCUT2D eigenvalue weighted by atomic mass is 32.2. The Morgan fingerprint density at radius 3 is 2.18 bits per heavy atom. The Morgan fingerprint density at radius 2 is 1.64 bits per heavy atom. The van der Waals surface area contributed by atoms with Crippen molar-refractivity contribution in [3.63, 3.8) is 0 Å². The summed E-state index contributed by atoms with van der Waals surface area (Å²) < 4.78 is 27.2. The second-order valence-corrected chi connectivity index (χ2v) is 9.04. The Labute approximate surface area is 168 Å². The lowest BCUT2D eigenvalue weighted by molar-refractivity contribution is 0.0938. The zero-order chi connectivity index (χ0) is 20.7. The zero-order valence-corrected chi connectivity index (χ0v) is 17.9. The maximum atomic E-state index is 12.9. The van der Waals surface area contributed by atoms with E-state index >= 15 is 0 Å². The number of rotatable bonds is 9. The lowest BCUT2D eigenvalue weighted by Gasteiger charge is -2.21. The Kier molecular flexibility index (Phi) is 7.78. The normalized spacial score (nSPS) is 12.8. The standard InChI is InChI=1S/C22H30N2O3S/c1-5-7-18(4)23-22(25)20-12-10-19(11-13-20)16-24(6-2)28(26,27)21-14-8-17(3)9-15-21/h8-15,18H,5-7,16H2,1-4H3,(H,23,25)/t18-/m0/s1. The van der Waals surface area contributed by atoms with Gasteiger partial charge in [0.25, 0.3) is 5.91 Å². The minimum Gasteiger partial charge on any atom is -0.350 e. The molecule has 6 heteroatoms. The summed E-state index contributed by atoms with van der Waals surface area (Å²) in [4.78, 5) is 12.6. The van der Waals surface area contributed by atoms with E-state index in [9.17, 15) is 13.2 Å². The first-order chi connectivity index (χ1) is 13.3. The fraction of sp³-hybridized carbons (Fsp3) is 0.409. The number of nitrogens with zero attached hydrogens (tertiary/aromatic N) is 1. The van der Waals surface area contributed by atoms with Crippen LogP contribution < -0.4 is 5.32 Å². The molecule has 0 aromatic heterocycles. The van der Waals surface area contributed by atoms with Gasteiger partial charge in [-0.2, -0.15) is 4.31 Å². The molecule has 2 rings (SSSR count). The first-order valence-electron chi connectivity index (χ1n) is 9.74. The highest BCUT2D eigenvalue weighted by Gasteiger charge is 2.23. The number of hydrogen-bond donors (Lipinski definition) is 1. The average Bonchev–Trinajstić information content (AvgIpc) is 2.66. The van der Waals surface area contributed by atoms with Gasteiger partial charge in [-0.15, -0.1) is 0 Å². The third-order valence-corrected chi connectivity index (χ3v) is 6.62. The Bertz CT molecular complexity index is 875. The number of benzene rings is 2. The molecule has 0 bridgehead atoms. The summed E-state index contributed by atoms with van der Waals surface area (Å²) in [6, 6.07) is 14.1. The third kappa shape index (κ3) is 5.66. The quantitative estimate of drug-likeness (QED) is 0.686. The van der Waals surface area contributed by atoms with E-state index < -0.39 is 10.0 Å². The van der Waals surface area contributed by atoms with E-state index in [1.807, 2.05) is 32.9 Å². The molecule has 2 aromatic carbocycles. The van der Waals surface area contributed by atoms with E-state index in [2.05, 4.69) is 12.2 Å². The summed E-state index contributed by atoms with van der Waals surface area (Å²) in [6.45, 7) is 8.46. The summed E-state index contributed by atoms with van der Waals surface area (Å²) in [5.74, 6) is -0.105. The Hall–Kier alpha value is -2.18. The predicted octanol–water partition coefficient (Wildman–Crippen LogP) is 4.12. The molecule has 2 aromatic rings. The summed E-state index contributed by atoms with van der Waals surface area (Å²) in [6.07, 6.45) is 1.95. The molecule has 0 fully saturated rings. The summed E-state index contributed by atoms with van der Waals surface area (Å²) in [5, 5.41) is 2.97. The van der Waals surface area contributed by atoms with Gasteiger partial charge in [0.2, 0.25) is 10.0 Å².